The summed E-state index contributed by atoms with van der Waals surface area (Å²) in [6.07, 6.45) is 3.54. The van der Waals surface area contributed by atoms with Crippen LogP contribution in [0.5, 0.6) is 0 Å². The van der Waals surface area contributed by atoms with Gasteiger partial charge in [0, 0.05) is 17.6 Å². The van der Waals surface area contributed by atoms with Crippen LogP contribution in [-0.2, 0) is 9.59 Å². The number of carbonyl (C=O) groups excluding carboxylic acids is 2. The molecule has 2 aromatic carbocycles. The van der Waals surface area contributed by atoms with Gasteiger partial charge in [0.15, 0.2) is 5.11 Å². The Morgan fingerprint density at radius 1 is 0.969 bits per heavy atom. The molecule has 0 spiro atoms. The molecule has 32 heavy (non-hydrogen) atoms. The monoisotopic (exact) mass is 443 g/mol. The van der Waals surface area contributed by atoms with Crippen molar-refractivity contribution < 1.29 is 9.59 Å². The number of aryl methyl sites for hydroxylation is 1. The number of benzene rings is 2. The molecule has 0 bridgehead atoms. The van der Waals surface area contributed by atoms with Gasteiger partial charge < -0.3 is 4.57 Å². The van der Waals surface area contributed by atoms with Gasteiger partial charge in [-0.2, -0.15) is 0 Å². The number of anilines is 1. The van der Waals surface area contributed by atoms with Crippen molar-refractivity contribution in [3.8, 4) is 5.69 Å². The first-order valence-electron chi connectivity index (χ1n) is 10.5. The molecule has 3 aromatic rings. The maximum atomic E-state index is 13.4. The highest BCUT2D eigenvalue weighted by molar-refractivity contribution is 7.80. The maximum absolute atomic E-state index is 13.4. The van der Waals surface area contributed by atoms with E-state index < -0.39 is 11.8 Å². The Balaban J connectivity index is 1.74. The van der Waals surface area contributed by atoms with Crippen LogP contribution < -0.4 is 10.2 Å². The lowest BCUT2D eigenvalue weighted by Gasteiger charge is -2.29. The molecule has 0 unspecified atom stereocenters. The summed E-state index contributed by atoms with van der Waals surface area (Å²) in [5.41, 5.74) is 5.87. The van der Waals surface area contributed by atoms with Crippen molar-refractivity contribution in [2.24, 2.45) is 0 Å². The zero-order valence-corrected chi connectivity index (χ0v) is 19.4. The summed E-state index contributed by atoms with van der Waals surface area (Å²) in [7, 11) is 0. The molecule has 1 N–H and O–H groups in total. The first-order valence-corrected chi connectivity index (χ1v) is 10.9. The Hall–Kier alpha value is -3.51. The summed E-state index contributed by atoms with van der Waals surface area (Å²) in [5, 5.41) is 2.74. The van der Waals surface area contributed by atoms with E-state index in [1.54, 1.807) is 6.08 Å². The lowest BCUT2D eigenvalue weighted by atomic mass is 10.0. The lowest BCUT2D eigenvalue weighted by Crippen LogP contribution is -2.54. The standard InChI is InChI=1S/C26H25N3O2S/c1-16(2)19-10-12-20(13-11-19)29-25(31)22(24(30)27-26(29)32)15-21-8-6-14-28(21)23-9-5-7-17(3)18(23)4/h5-16H,1-4H3,(H,27,30,32)/b22-15+. The van der Waals surface area contributed by atoms with Crippen LogP contribution in [0.1, 0.15) is 42.1 Å². The van der Waals surface area contributed by atoms with E-state index in [4.69, 9.17) is 12.2 Å². The van der Waals surface area contributed by atoms with Crippen molar-refractivity contribution in [1.29, 1.82) is 0 Å². The second-order valence-corrected chi connectivity index (χ2v) is 8.61. The van der Waals surface area contributed by atoms with Gasteiger partial charge in [-0.1, -0.05) is 38.1 Å². The summed E-state index contributed by atoms with van der Waals surface area (Å²) >= 11 is 5.32. The van der Waals surface area contributed by atoms with Crippen LogP contribution in [0.15, 0.2) is 66.4 Å². The van der Waals surface area contributed by atoms with Gasteiger partial charge in [-0.3, -0.25) is 19.8 Å². The second kappa shape index (κ2) is 8.55. The molecule has 4 rings (SSSR count). The van der Waals surface area contributed by atoms with Crippen molar-refractivity contribution in [2.45, 2.75) is 33.6 Å². The molecule has 0 saturated carbocycles. The summed E-state index contributed by atoms with van der Waals surface area (Å²) in [5.74, 6) is -0.561. The topological polar surface area (TPSA) is 54.3 Å². The highest BCUT2D eigenvalue weighted by Crippen LogP contribution is 2.26. The number of hydrogen-bond acceptors (Lipinski definition) is 3. The van der Waals surface area contributed by atoms with Crippen LogP contribution in [0, 0.1) is 13.8 Å². The predicted molar refractivity (Wildman–Crippen MR) is 132 cm³/mol. The van der Waals surface area contributed by atoms with Gasteiger partial charge in [0.25, 0.3) is 11.8 Å². The van der Waals surface area contributed by atoms with E-state index in [2.05, 4.69) is 39.1 Å². The van der Waals surface area contributed by atoms with Gasteiger partial charge in [-0.15, -0.1) is 0 Å². The molecule has 0 aliphatic carbocycles. The molecule has 2 amide bonds. The number of nitrogens with one attached hydrogen (secondary N) is 1. The number of thiocarbonyl (C=S) groups is 1. The van der Waals surface area contributed by atoms with Crippen LogP contribution in [0.25, 0.3) is 11.8 Å². The van der Waals surface area contributed by atoms with E-state index in [1.165, 1.54) is 10.5 Å². The van der Waals surface area contributed by atoms with Gasteiger partial charge in [0.05, 0.1) is 5.69 Å². The first kappa shape index (κ1) is 21.7. The summed E-state index contributed by atoms with van der Waals surface area (Å²) < 4.78 is 1.98. The van der Waals surface area contributed by atoms with Gasteiger partial charge in [-0.05, 0) is 85.1 Å². The molecule has 6 heteroatoms. The Bertz CT molecular complexity index is 1250. The van der Waals surface area contributed by atoms with E-state index in [0.717, 1.165) is 22.5 Å². The lowest BCUT2D eigenvalue weighted by molar-refractivity contribution is -0.122. The van der Waals surface area contributed by atoms with Gasteiger partial charge in [0.2, 0.25) is 0 Å². The zero-order valence-electron chi connectivity index (χ0n) is 18.5. The molecule has 0 atom stereocenters. The molecule has 162 valence electrons. The molecule has 1 fully saturated rings. The molecule has 2 heterocycles. The normalized spacial score (nSPS) is 15.6. The van der Waals surface area contributed by atoms with Gasteiger partial charge in [0.1, 0.15) is 5.57 Å². The van der Waals surface area contributed by atoms with E-state index in [1.807, 2.05) is 59.3 Å². The fourth-order valence-corrected chi connectivity index (χ4v) is 4.06. The van der Waals surface area contributed by atoms with Crippen molar-refractivity contribution in [3.05, 3.63) is 88.8 Å². The molecule has 0 radical (unpaired) electrons. The fourth-order valence-electron chi connectivity index (χ4n) is 3.78. The van der Waals surface area contributed by atoms with Crippen molar-refractivity contribution >= 4 is 40.9 Å². The van der Waals surface area contributed by atoms with Crippen LogP contribution in [0.3, 0.4) is 0 Å². The summed E-state index contributed by atoms with van der Waals surface area (Å²) in [6, 6.07) is 17.5. The fraction of sp³-hybridized carbons (Fsp3) is 0.192. The third-order valence-electron chi connectivity index (χ3n) is 5.83. The van der Waals surface area contributed by atoms with Crippen LogP contribution >= 0.6 is 12.2 Å². The molecule has 1 aliphatic heterocycles. The van der Waals surface area contributed by atoms with Gasteiger partial charge in [-0.25, -0.2) is 0 Å². The summed E-state index contributed by atoms with van der Waals surface area (Å²) in [4.78, 5) is 27.4. The Labute approximate surface area is 193 Å². The average molecular weight is 444 g/mol. The van der Waals surface area contributed by atoms with Crippen molar-refractivity contribution in [1.82, 2.24) is 9.88 Å². The van der Waals surface area contributed by atoms with E-state index in [9.17, 15) is 9.59 Å². The molecule has 1 saturated heterocycles. The first-order chi connectivity index (χ1) is 15.3. The zero-order chi connectivity index (χ0) is 23.0. The van der Waals surface area contributed by atoms with E-state index in [-0.39, 0.29) is 10.7 Å². The quantitative estimate of drug-likeness (QED) is 0.349. The SMILES string of the molecule is Cc1cccc(-n2cccc2/C=C2\C(=O)NC(=S)N(c3ccc(C(C)C)cc3)C2=O)c1C. The average Bonchev–Trinajstić information content (AvgIpc) is 3.21. The highest BCUT2D eigenvalue weighted by Gasteiger charge is 2.34. The van der Waals surface area contributed by atoms with E-state index in [0.29, 0.717) is 11.6 Å². The Morgan fingerprint density at radius 3 is 2.38 bits per heavy atom. The molecule has 1 aliphatic rings. The van der Waals surface area contributed by atoms with Gasteiger partial charge >= 0.3 is 0 Å². The smallest absolute Gasteiger partial charge is 0.270 e. The molecular formula is C26H25N3O2S. The van der Waals surface area contributed by atoms with Crippen LogP contribution in [0.2, 0.25) is 0 Å². The largest absolute Gasteiger partial charge is 0.317 e. The minimum Gasteiger partial charge on any atom is -0.317 e. The predicted octanol–water partition coefficient (Wildman–Crippen LogP) is 5.05. The molecule has 1 aromatic heterocycles. The number of carbonyl (C=O) groups is 2. The molecule has 5 nitrogen and oxygen atoms in total. The number of nitrogens with zero attached hydrogens (tertiary/aromatic N) is 2. The third-order valence-corrected chi connectivity index (χ3v) is 6.11. The Kier molecular flexibility index (Phi) is 5.80. The van der Waals surface area contributed by atoms with E-state index >= 15 is 0 Å². The number of hydrogen-bond donors (Lipinski definition) is 1. The Morgan fingerprint density at radius 2 is 1.69 bits per heavy atom. The van der Waals surface area contributed by atoms with Crippen LogP contribution in [-0.4, -0.2) is 21.5 Å². The number of aromatic nitrogens is 1. The van der Waals surface area contributed by atoms with Crippen LogP contribution in [0.4, 0.5) is 5.69 Å². The highest BCUT2D eigenvalue weighted by atomic mass is 32.1. The summed E-state index contributed by atoms with van der Waals surface area (Å²) in [6.45, 7) is 8.33. The second-order valence-electron chi connectivity index (χ2n) is 8.23. The number of amides is 2. The number of rotatable bonds is 4. The third kappa shape index (κ3) is 3.89. The maximum Gasteiger partial charge on any atom is 0.270 e. The minimum atomic E-state index is -0.497. The minimum absolute atomic E-state index is 0.0387. The van der Waals surface area contributed by atoms with Crippen molar-refractivity contribution in [3.63, 3.8) is 0 Å². The van der Waals surface area contributed by atoms with Crippen molar-refractivity contribution in [2.75, 3.05) is 4.90 Å². The molecular weight excluding hydrogens is 418 g/mol.